The van der Waals surface area contributed by atoms with E-state index in [9.17, 15) is 19.8 Å². The molecular weight excluding hydrogens is 316 g/mol. The Balaban J connectivity index is 2.10. The minimum absolute atomic E-state index is 0.0784. The first-order valence-electron chi connectivity index (χ1n) is 7.83. The van der Waals surface area contributed by atoms with Gasteiger partial charge in [-0.05, 0) is 41.0 Å². The summed E-state index contributed by atoms with van der Waals surface area (Å²) < 4.78 is 0. The van der Waals surface area contributed by atoms with Crippen molar-refractivity contribution in [2.45, 2.75) is 5.41 Å². The van der Waals surface area contributed by atoms with E-state index in [2.05, 4.69) is 0 Å². The van der Waals surface area contributed by atoms with Gasteiger partial charge in [0.2, 0.25) is 11.6 Å². The molecule has 0 radical (unpaired) electrons. The van der Waals surface area contributed by atoms with Gasteiger partial charge in [0.15, 0.2) is 0 Å². The van der Waals surface area contributed by atoms with Crippen LogP contribution in [0, 0.1) is 0 Å². The summed E-state index contributed by atoms with van der Waals surface area (Å²) in [7, 11) is 0. The number of hydrogen-bond donors (Lipinski definition) is 2. The average molecular weight is 330 g/mol. The highest BCUT2D eigenvalue weighted by Crippen LogP contribution is 2.47. The van der Waals surface area contributed by atoms with Crippen molar-refractivity contribution in [3.05, 3.63) is 95.1 Å². The Morgan fingerprint density at radius 1 is 0.640 bits per heavy atom. The summed E-state index contributed by atoms with van der Waals surface area (Å²) in [6.07, 6.45) is 0. The molecule has 0 unspecified atom stereocenters. The normalized spacial score (nSPS) is 15.2. The van der Waals surface area contributed by atoms with Crippen LogP contribution in [0.4, 0.5) is 0 Å². The van der Waals surface area contributed by atoms with Crippen LogP contribution >= 0.6 is 0 Å². The number of carbonyl (C=O) groups is 2. The molecule has 122 valence electrons. The molecule has 4 nitrogen and oxygen atoms in total. The number of phenolic OH excluding ortho intramolecular Hbond substituents is 2. The van der Waals surface area contributed by atoms with Gasteiger partial charge in [-0.25, -0.2) is 0 Å². The minimum Gasteiger partial charge on any atom is -0.508 e. The number of carbonyl (C=O) groups excluding carboxylic acids is 2. The van der Waals surface area contributed by atoms with Gasteiger partial charge in [0.1, 0.15) is 16.9 Å². The van der Waals surface area contributed by atoms with Gasteiger partial charge in [-0.2, -0.15) is 0 Å². The topological polar surface area (TPSA) is 74.6 Å². The zero-order valence-corrected chi connectivity index (χ0v) is 13.1. The molecule has 0 amide bonds. The molecule has 0 spiro atoms. The molecule has 4 rings (SSSR count). The molecule has 25 heavy (non-hydrogen) atoms. The van der Waals surface area contributed by atoms with Gasteiger partial charge in [-0.1, -0.05) is 48.5 Å². The molecule has 0 fully saturated rings. The van der Waals surface area contributed by atoms with Crippen LogP contribution < -0.4 is 0 Å². The first kappa shape index (κ1) is 15.1. The summed E-state index contributed by atoms with van der Waals surface area (Å²) in [6, 6.07) is 19.5. The zero-order chi connectivity index (χ0) is 17.6. The maximum absolute atomic E-state index is 13.2. The van der Waals surface area contributed by atoms with Crippen molar-refractivity contribution in [1.29, 1.82) is 0 Å². The second kappa shape index (κ2) is 5.31. The van der Waals surface area contributed by atoms with E-state index in [4.69, 9.17) is 0 Å². The minimum atomic E-state index is -1.28. The number of benzene rings is 3. The fourth-order valence-corrected chi connectivity index (χ4v) is 3.59. The van der Waals surface area contributed by atoms with Crippen molar-refractivity contribution in [1.82, 2.24) is 0 Å². The predicted molar refractivity (Wildman–Crippen MR) is 91.9 cm³/mol. The number of rotatable bonds is 2. The highest BCUT2D eigenvalue weighted by Gasteiger charge is 2.53. The molecule has 1 aliphatic rings. The van der Waals surface area contributed by atoms with Gasteiger partial charge < -0.3 is 10.2 Å². The third kappa shape index (κ3) is 2.01. The van der Waals surface area contributed by atoms with Gasteiger partial charge in [0.05, 0.1) is 0 Å². The van der Waals surface area contributed by atoms with E-state index < -0.39 is 17.0 Å². The van der Waals surface area contributed by atoms with Gasteiger partial charge in [-0.15, -0.1) is 0 Å². The number of ketones is 2. The van der Waals surface area contributed by atoms with E-state index in [0.29, 0.717) is 22.3 Å². The summed E-state index contributed by atoms with van der Waals surface area (Å²) in [5, 5.41) is 19.2. The number of hydrogen-bond acceptors (Lipinski definition) is 4. The maximum Gasteiger partial charge on any atom is 0.230 e. The van der Waals surface area contributed by atoms with E-state index in [1.807, 2.05) is 0 Å². The van der Waals surface area contributed by atoms with Gasteiger partial charge in [0.25, 0.3) is 0 Å². The first-order chi connectivity index (χ1) is 12.0. The third-order valence-corrected chi connectivity index (χ3v) is 4.72. The van der Waals surface area contributed by atoms with E-state index >= 15 is 0 Å². The largest absolute Gasteiger partial charge is 0.508 e. The molecule has 0 atom stereocenters. The van der Waals surface area contributed by atoms with Crippen molar-refractivity contribution >= 4 is 11.6 Å². The lowest BCUT2D eigenvalue weighted by Crippen LogP contribution is -2.36. The van der Waals surface area contributed by atoms with Crippen molar-refractivity contribution in [2.75, 3.05) is 0 Å². The number of fused-ring (bicyclic) bond motifs is 1. The fraction of sp³-hybridized carbons (Fsp3) is 0.0476. The van der Waals surface area contributed by atoms with Gasteiger partial charge in [-0.3, -0.25) is 9.59 Å². The van der Waals surface area contributed by atoms with Crippen LogP contribution in [-0.4, -0.2) is 21.8 Å². The summed E-state index contributed by atoms with van der Waals surface area (Å²) in [5.74, 6) is -0.911. The highest BCUT2D eigenvalue weighted by molar-refractivity contribution is 6.51. The third-order valence-electron chi connectivity index (χ3n) is 4.72. The molecule has 0 saturated heterocycles. The molecule has 3 aromatic carbocycles. The van der Waals surface area contributed by atoms with Crippen LogP contribution in [0.3, 0.4) is 0 Å². The van der Waals surface area contributed by atoms with Crippen LogP contribution in [0.25, 0.3) is 0 Å². The smallest absolute Gasteiger partial charge is 0.230 e. The number of aromatic hydroxyl groups is 2. The van der Waals surface area contributed by atoms with Crippen molar-refractivity contribution < 1.29 is 19.8 Å². The van der Waals surface area contributed by atoms with Crippen LogP contribution in [0.1, 0.15) is 27.0 Å². The molecule has 0 aliphatic heterocycles. The number of Topliss-reactive ketones (excluding diaryl/α,β-unsaturated/α-hetero) is 2. The molecule has 0 saturated carbocycles. The quantitative estimate of drug-likeness (QED) is 0.708. The monoisotopic (exact) mass is 330 g/mol. The number of phenols is 2. The summed E-state index contributed by atoms with van der Waals surface area (Å²) >= 11 is 0. The summed E-state index contributed by atoms with van der Waals surface area (Å²) in [6.45, 7) is 0. The lowest BCUT2D eigenvalue weighted by Gasteiger charge is -2.29. The van der Waals surface area contributed by atoms with E-state index in [0.717, 1.165) is 0 Å². The molecule has 4 heteroatoms. The SMILES string of the molecule is O=C1C(=O)C(c2ccc(O)cc2)(c2ccc(O)cc2)c2ccccc21. The van der Waals surface area contributed by atoms with E-state index in [-0.39, 0.29) is 11.5 Å². The van der Waals surface area contributed by atoms with Crippen molar-refractivity contribution in [3.8, 4) is 11.5 Å². The van der Waals surface area contributed by atoms with Crippen molar-refractivity contribution in [3.63, 3.8) is 0 Å². The van der Waals surface area contributed by atoms with Gasteiger partial charge in [0, 0.05) is 5.56 Å². The Bertz CT molecular complexity index is 940. The molecule has 0 bridgehead atoms. The Labute approximate surface area is 144 Å². The average Bonchev–Trinajstić information content (AvgIpc) is 2.86. The maximum atomic E-state index is 13.2. The molecule has 2 N–H and O–H groups in total. The highest BCUT2D eigenvalue weighted by atomic mass is 16.3. The predicted octanol–water partition coefficient (Wildman–Crippen LogP) is 3.20. The lowest BCUT2D eigenvalue weighted by molar-refractivity contribution is -0.117. The van der Waals surface area contributed by atoms with Crippen LogP contribution in [0.15, 0.2) is 72.8 Å². The molecular formula is C21H14O4. The molecule has 0 heterocycles. The molecule has 3 aromatic rings. The van der Waals surface area contributed by atoms with Gasteiger partial charge >= 0.3 is 0 Å². The summed E-state index contributed by atoms with van der Waals surface area (Å²) in [4.78, 5) is 25.8. The molecule has 1 aliphatic carbocycles. The summed E-state index contributed by atoms with van der Waals surface area (Å²) in [5.41, 5.74) is 0.906. The Hall–Kier alpha value is -3.40. The van der Waals surface area contributed by atoms with Crippen molar-refractivity contribution in [2.24, 2.45) is 0 Å². The van der Waals surface area contributed by atoms with Crippen LogP contribution in [0.5, 0.6) is 11.5 Å². The fourth-order valence-electron chi connectivity index (χ4n) is 3.59. The van der Waals surface area contributed by atoms with E-state index in [1.165, 1.54) is 24.3 Å². The Morgan fingerprint density at radius 2 is 1.12 bits per heavy atom. The molecule has 0 aromatic heterocycles. The van der Waals surface area contributed by atoms with E-state index in [1.54, 1.807) is 48.5 Å². The Kier molecular flexibility index (Phi) is 3.22. The first-order valence-corrected chi connectivity index (χ1v) is 7.83. The zero-order valence-electron chi connectivity index (χ0n) is 13.1. The lowest BCUT2D eigenvalue weighted by atomic mass is 9.69. The standard InChI is InChI=1S/C21H14O4/c22-15-9-5-13(6-10-15)21(14-7-11-16(23)12-8-14)18-4-2-1-3-17(18)19(24)20(21)25/h1-12,22-23H. The second-order valence-corrected chi connectivity index (χ2v) is 6.05. The van der Waals surface area contributed by atoms with Crippen LogP contribution in [-0.2, 0) is 10.2 Å². The Morgan fingerprint density at radius 3 is 1.64 bits per heavy atom. The second-order valence-electron chi connectivity index (χ2n) is 6.05. The van der Waals surface area contributed by atoms with Crippen LogP contribution in [0.2, 0.25) is 0 Å².